The van der Waals surface area contributed by atoms with Crippen LogP contribution in [0.1, 0.15) is 36.2 Å². The molecule has 1 amide bonds. The SMILES string of the molecule is CN(C)C(=O)c1c(N)ccc(-c2cnc3c(c2)C2(CN3)CC2(C)C)c1F. The highest BCUT2D eigenvalue weighted by Crippen LogP contribution is 2.67. The van der Waals surface area contributed by atoms with E-state index in [1.807, 2.05) is 6.07 Å². The van der Waals surface area contributed by atoms with Gasteiger partial charge in [-0.15, -0.1) is 0 Å². The lowest BCUT2D eigenvalue weighted by atomic mass is 9.89. The van der Waals surface area contributed by atoms with Gasteiger partial charge in [-0.1, -0.05) is 13.8 Å². The van der Waals surface area contributed by atoms with Crippen molar-refractivity contribution in [2.45, 2.75) is 25.7 Å². The van der Waals surface area contributed by atoms with Crippen LogP contribution in [0.4, 0.5) is 15.9 Å². The fourth-order valence-corrected chi connectivity index (χ4v) is 4.17. The molecule has 1 aliphatic heterocycles. The molecule has 1 aromatic carbocycles. The van der Waals surface area contributed by atoms with E-state index in [0.717, 1.165) is 24.3 Å². The first kappa shape index (κ1) is 16.8. The number of anilines is 2. The van der Waals surface area contributed by atoms with E-state index in [1.165, 1.54) is 4.90 Å². The van der Waals surface area contributed by atoms with E-state index in [2.05, 4.69) is 24.1 Å². The minimum absolute atomic E-state index is 0.0674. The van der Waals surface area contributed by atoms with E-state index in [-0.39, 0.29) is 22.1 Å². The van der Waals surface area contributed by atoms with Gasteiger partial charge in [-0.2, -0.15) is 0 Å². The van der Waals surface area contributed by atoms with Crippen molar-refractivity contribution >= 4 is 17.4 Å². The second-order valence-electron chi connectivity index (χ2n) is 8.21. The lowest BCUT2D eigenvalue weighted by molar-refractivity contribution is 0.0824. The number of nitrogens with one attached hydrogen (secondary N) is 1. The molecule has 0 radical (unpaired) electrons. The predicted octanol–water partition coefficient (Wildman–Crippen LogP) is 3.26. The van der Waals surface area contributed by atoms with E-state index >= 15 is 4.39 Å². The Morgan fingerprint density at radius 3 is 2.65 bits per heavy atom. The zero-order valence-corrected chi connectivity index (χ0v) is 15.5. The van der Waals surface area contributed by atoms with Crippen molar-refractivity contribution in [1.82, 2.24) is 9.88 Å². The molecule has 0 bridgehead atoms. The van der Waals surface area contributed by atoms with Gasteiger partial charge in [0.05, 0.1) is 5.56 Å². The van der Waals surface area contributed by atoms with Gasteiger partial charge in [-0.25, -0.2) is 9.37 Å². The second kappa shape index (κ2) is 5.19. The lowest BCUT2D eigenvalue weighted by Gasteiger charge is -2.16. The molecule has 6 heteroatoms. The molecule has 0 saturated heterocycles. The molecule has 1 saturated carbocycles. The Balaban J connectivity index is 1.84. The van der Waals surface area contributed by atoms with Gasteiger partial charge in [0, 0.05) is 54.6 Å². The molecular formula is C20H23FN4O. The molecule has 1 unspecified atom stereocenters. The van der Waals surface area contributed by atoms with Crippen LogP contribution in [0.2, 0.25) is 0 Å². The summed E-state index contributed by atoms with van der Waals surface area (Å²) in [4.78, 5) is 18.2. The summed E-state index contributed by atoms with van der Waals surface area (Å²) in [6.45, 7) is 5.35. The summed E-state index contributed by atoms with van der Waals surface area (Å²) in [6, 6.07) is 5.21. The van der Waals surface area contributed by atoms with Gasteiger partial charge < -0.3 is 16.0 Å². The number of hydrogen-bond acceptors (Lipinski definition) is 4. The topological polar surface area (TPSA) is 71.2 Å². The first-order valence-electron chi connectivity index (χ1n) is 8.72. The summed E-state index contributed by atoms with van der Waals surface area (Å²) in [5, 5.41) is 3.37. The van der Waals surface area contributed by atoms with Crippen LogP contribution in [0.15, 0.2) is 24.4 Å². The second-order valence-corrected chi connectivity index (χ2v) is 8.21. The standard InChI is InChI=1S/C20H23FN4O/c1-19(2)9-20(19)10-24-17-13(20)7-11(8-23-17)12-5-6-14(22)15(16(12)21)18(26)25(3)4/h5-8H,9-10,22H2,1-4H3,(H,23,24). The molecule has 3 N–H and O–H groups in total. The maximum absolute atomic E-state index is 15.2. The zero-order valence-electron chi connectivity index (χ0n) is 15.5. The van der Waals surface area contributed by atoms with Crippen LogP contribution < -0.4 is 11.1 Å². The minimum Gasteiger partial charge on any atom is -0.398 e. The molecule has 1 aliphatic carbocycles. The Bertz CT molecular complexity index is 938. The summed E-state index contributed by atoms with van der Waals surface area (Å²) in [6.07, 6.45) is 2.73. The summed E-state index contributed by atoms with van der Waals surface area (Å²) in [5.41, 5.74) is 8.34. The first-order chi connectivity index (χ1) is 12.2. The third-order valence-corrected chi connectivity index (χ3v) is 5.98. The number of fused-ring (bicyclic) bond motifs is 2. The van der Waals surface area contributed by atoms with Crippen molar-refractivity contribution in [2.24, 2.45) is 5.41 Å². The molecule has 2 heterocycles. The maximum atomic E-state index is 15.2. The van der Waals surface area contributed by atoms with Crippen molar-refractivity contribution in [3.05, 3.63) is 41.3 Å². The Kier molecular flexibility index (Phi) is 3.36. The third kappa shape index (κ3) is 2.14. The summed E-state index contributed by atoms with van der Waals surface area (Å²) in [7, 11) is 3.16. The van der Waals surface area contributed by atoms with Crippen molar-refractivity contribution in [1.29, 1.82) is 0 Å². The number of nitrogen functional groups attached to an aromatic ring is 1. The number of benzene rings is 1. The van der Waals surface area contributed by atoms with Crippen molar-refractivity contribution in [3.8, 4) is 11.1 Å². The fraction of sp³-hybridized carbons (Fsp3) is 0.400. The molecule has 1 aromatic heterocycles. The number of nitrogens with two attached hydrogens (primary N) is 1. The number of nitrogens with zero attached hydrogens (tertiary/aromatic N) is 2. The summed E-state index contributed by atoms with van der Waals surface area (Å²) in [5.74, 6) is -0.169. The number of carbonyl (C=O) groups excluding carboxylic acids is 1. The fourth-order valence-electron chi connectivity index (χ4n) is 4.17. The molecule has 26 heavy (non-hydrogen) atoms. The number of amides is 1. The molecule has 1 fully saturated rings. The van der Waals surface area contributed by atoms with Crippen LogP contribution in [0.5, 0.6) is 0 Å². The number of halogens is 1. The van der Waals surface area contributed by atoms with Crippen LogP contribution in [0.3, 0.4) is 0 Å². The number of aromatic nitrogens is 1. The van der Waals surface area contributed by atoms with Crippen LogP contribution in [-0.2, 0) is 5.41 Å². The van der Waals surface area contributed by atoms with Crippen molar-refractivity contribution < 1.29 is 9.18 Å². The number of carbonyl (C=O) groups is 1. The molecular weight excluding hydrogens is 331 g/mol. The van der Waals surface area contributed by atoms with Gasteiger partial charge in [0.1, 0.15) is 11.6 Å². The molecule has 136 valence electrons. The Labute approximate surface area is 152 Å². The highest BCUT2D eigenvalue weighted by molar-refractivity contribution is 6.00. The predicted molar refractivity (Wildman–Crippen MR) is 101 cm³/mol. The molecule has 2 aromatic rings. The quantitative estimate of drug-likeness (QED) is 0.812. The normalized spacial score (nSPS) is 22.0. The van der Waals surface area contributed by atoms with Crippen LogP contribution >= 0.6 is 0 Å². The molecule has 5 nitrogen and oxygen atoms in total. The van der Waals surface area contributed by atoms with Gasteiger partial charge in [-0.05, 0) is 30.0 Å². The molecule has 1 atom stereocenters. The zero-order chi connectivity index (χ0) is 18.9. The first-order valence-corrected chi connectivity index (χ1v) is 8.72. The van der Waals surface area contributed by atoms with Crippen LogP contribution in [0.25, 0.3) is 11.1 Å². The Morgan fingerprint density at radius 1 is 1.35 bits per heavy atom. The number of pyridine rings is 1. The largest absolute Gasteiger partial charge is 0.398 e. The van der Waals surface area contributed by atoms with Gasteiger partial charge in [0.25, 0.3) is 5.91 Å². The number of hydrogen-bond donors (Lipinski definition) is 2. The molecule has 1 spiro atoms. The van der Waals surface area contributed by atoms with Crippen molar-refractivity contribution in [2.75, 3.05) is 31.7 Å². The summed E-state index contributed by atoms with van der Waals surface area (Å²) >= 11 is 0. The van der Waals surface area contributed by atoms with Crippen LogP contribution in [0, 0.1) is 11.2 Å². The van der Waals surface area contributed by atoms with E-state index in [9.17, 15) is 4.79 Å². The van der Waals surface area contributed by atoms with Crippen LogP contribution in [-0.4, -0.2) is 36.4 Å². The van der Waals surface area contributed by atoms with E-state index in [1.54, 1.807) is 32.4 Å². The highest BCUT2D eigenvalue weighted by Gasteiger charge is 2.64. The minimum atomic E-state index is -0.597. The van der Waals surface area contributed by atoms with E-state index < -0.39 is 11.7 Å². The van der Waals surface area contributed by atoms with Gasteiger partial charge in [0.2, 0.25) is 0 Å². The highest BCUT2D eigenvalue weighted by atomic mass is 19.1. The summed E-state index contributed by atoms with van der Waals surface area (Å²) < 4.78 is 15.2. The number of rotatable bonds is 2. The van der Waals surface area contributed by atoms with E-state index in [0.29, 0.717) is 11.1 Å². The van der Waals surface area contributed by atoms with Gasteiger partial charge >= 0.3 is 0 Å². The molecule has 4 rings (SSSR count). The van der Waals surface area contributed by atoms with E-state index in [4.69, 9.17) is 5.73 Å². The molecule has 2 aliphatic rings. The lowest BCUT2D eigenvalue weighted by Crippen LogP contribution is -2.24. The Morgan fingerprint density at radius 2 is 2.04 bits per heavy atom. The smallest absolute Gasteiger partial charge is 0.258 e. The third-order valence-electron chi connectivity index (χ3n) is 5.98. The average molecular weight is 354 g/mol. The Hall–Kier alpha value is -2.63. The average Bonchev–Trinajstić information content (AvgIpc) is 2.95. The van der Waals surface area contributed by atoms with Gasteiger partial charge in [-0.3, -0.25) is 4.79 Å². The van der Waals surface area contributed by atoms with Crippen molar-refractivity contribution in [3.63, 3.8) is 0 Å². The maximum Gasteiger partial charge on any atom is 0.258 e. The monoisotopic (exact) mass is 354 g/mol. The van der Waals surface area contributed by atoms with Gasteiger partial charge in [0.15, 0.2) is 0 Å².